The van der Waals surface area contributed by atoms with E-state index in [1.807, 2.05) is 30.3 Å². The number of carbonyl (C=O) groups excluding carboxylic acids is 1. The van der Waals surface area contributed by atoms with E-state index >= 15 is 0 Å². The molecular formula is C10H15N2O5P. The van der Waals surface area contributed by atoms with E-state index in [0.29, 0.717) is 0 Å². The number of nitrogens with one attached hydrogen (secondary N) is 1. The summed E-state index contributed by atoms with van der Waals surface area (Å²) in [7, 11) is -4.44. The summed E-state index contributed by atoms with van der Waals surface area (Å²) in [6, 6.07) is 9.12. The van der Waals surface area contributed by atoms with E-state index in [1.54, 1.807) is 0 Å². The van der Waals surface area contributed by atoms with Gasteiger partial charge in [0.15, 0.2) is 0 Å². The number of benzene rings is 1. The molecule has 5 N–H and O–H groups in total. The van der Waals surface area contributed by atoms with Crippen LogP contribution in [0.25, 0.3) is 0 Å². The van der Waals surface area contributed by atoms with Crippen molar-refractivity contribution in [1.29, 1.82) is 0 Å². The normalized spacial score (nSPS) is 13.1. The first-order valence-electron chi connectivity index (χ1n) is 5.15. The molecule has 0 bridgehead atoms. The van der Waals surface area contributed by atoms with E-state index in [0.717, 1.165) is 5.56 Å². The molecule has 0 radical (unpaired) electrons. The van der Waals surface area contributed by atoms with Crippen LogP contribution in [0.1, 0.15) is 12.0 Å². The standard InChI is InChI=1S/C10H15N2O5P/c11-9(18(14,15)16)6-10(13)12-17-7-8-4-2-1-3-5-8/h1-5,9H,6-7,11H2,(H,12,13)(H2,14,15,16). The molecular weight excluding hydrogens is 259 g/mol. The quantitative estimate of drug-likeness (QED) is 0.430. The zero-order valence-corrected chi connectivity index (χ0v) is 10.4. The second-order valence-corrected chi connectivity index (χ2v) is 5.50. The molecule has 1 unspecified atom stereocenters. The van der Waals surface area contributed by atoms with Crippen LogP contribution in [0.4, 0.5) is 0 Å². The monoisotopic (exact) mass is 274 g/mol. The Kier molecular flexibility index (Phi) is 5.46. The summed E-state index contributed by atoms with van der Waals surface area (Å²) in [4.78, 5) is 33.5. The predicted octanol–water partition coefficient (Wildman–Crippen LogP) is 0.0870. The van der Waals surface area contributed by atoms with Crippen molar-refractivity contribution in [3.8, 4) is 0 Å². The molecule has 0 aliphatic heterocycles. The van der Waals surface area contributed by atoms with Gasteiger partial charge < -0.3 is 15.5 Å². The number of carbonyl (C=O) groups is 1. The van der Waals surface area contributed by atoms with Gasteiger partial charge in [-0.15, -0.1) is 0 Å². The van der Waals surface area contributed by atoms with E-state index in [4.69, 9.17) is 20.4 Å². The summed E-state index contributed by atoms with van der Waals surface area (Å²) in [5.74, 6) is -2.19. The third-order valence-electron chi connectivity index (χ3n) is 2.09. The van der Waals surface area contributed by atoms with Crippen molar-refractivity contribution in [2.45, 2.75) is 18.8 Å². The highest BCUT2D eigenvalue weighted by Gasteiger charge is 2.26. The van der Waals surface area contributed by atoms with Crippen LogP contribution in [-0.2, 0) is 20.8 Å². The Balaban J connectivity index is 2.28. The minimum Gasteiger partial charge on any atom is -0.323 e. The molecule has 8 heteroatoms. The van der Waals surface area contributed by atoms with Gasteiger partial charge in [-0.25, -0.2) is 5.48 Å². The fourth-order valence-corrected chi connectivity index (χ4v) is 1.53. The Morgan fingerprint density at radius 1 is 1.39 bits per heavy atom. The predicted molar refractivity (Wildman–Crippen MR) is 64.0 cm³/mol. The van der Waals surface area contributed by atoms with Gasteiger partial charge in [-0.2, -0.15) is 0 Å². The maximum absolute atomic E-state index is 11.2. The maximum atomic E-state index is 11.2. The van der Waals surface area contributed by atoms with Crippen LogP contribution in [0.5, 0.6) is 0 Å². The Hall–Kier alpha value is -1.24. The van der Waals surface area contributed by atoms with Gasteiger partial charge in [0.25, 0.3) is 0 Å². The topological polar surface area (TPSA) is 122 Å². The van der Waals surface area contributed by atoms with E-state index < -0.39 is 25.7 Å². The molecule has 0 aromatic heterocycles. The lowest BCUT2D eigenvalue weighted by Crippen LogP contribution is -2.31. The number of hydrogen-bond acceptors (Lipinski definition) is 4. The number of rotatable bonds is 6. The smallest absolute Gasteiger partial charge is 0.323 e. The summed E-state index contributed by atoms with van der Waals surface area (Å²) < 4.78 is 10.7. The molecule has 1 amide bonds. The lowest BCUT2D eigenvalue weighted by molar-refractivity contribution is -0.134. The number of nitrogens with two attached hydrogens (primary N) is 1. The zero-order chi connectivity index (χ0) is 13.6. The molecule has 0 aliphatic rings. The highest BCUT2D eigenvalue weighted by atomic mass is 31.2. The average Bonchev–Trinajstić information content (AvgIpc) is 2.29. The number of hydroxylamine groups is 1. The first-order valence-corrected chi connectivity index (χ1v) is 6.83. The maximum Gasteiger partial charge on any atom is 0.342 e. The number of hydrogen-bond donors (Lipinski definition) is 4. The lowest BCUT2D eigenvalue weighted by Gasteiger charge is -2.12. The van der Waals surface area contributed by atoms with Gasteiger partial charge in [0.2, 0.25) is 5.91 Å². The summed E-state index contributed by atoms with van der Waals surface area (Å²) in [6.07, 6.45) is -0.501. The molecule has 1 atom stereocenters. The lowest BCUT2D eigenvalue weighted by atomic mass is 10.2. The van der Waals surface area contributed by atoms with Gasteiger partial charge in [0, 0.05) is 0 Å². The van der Waals surface area contributed by atoms with Crippen LogP contribution in [0.2, 0.25) is 0 Å². The van der Waals surface area contributed by atoms with Crippen LogP contribution in [0.3, 0.4) is 0 Å². The third-order valence-corrected chi connectivity index (χ3v) is 3.14. The summed E-state index contributed by atoms with van der Waals surface area (Å²) in [6.45, 7) is 0.164. The highest BCUT2D eigenvalue weighted by molar-refractivity contribution is 7.52. The van der Waals surface area contributed by atoms with Gasteiger partial charge in [0.1, 0.15) is 5.78 Å². The average molecular weight is 274 g/mol. The number of amides is 1. The Morgan fingerprint density at radius 3 is 2.56 bits per heavy atom. The molecule has 1 aromatic rings. The van der Waals surface area contributed by atoms with Crippen molar-refractivity contribution < 1.29 is 24.0 Å². The molecule has 0 aliphatic carbocycles. The first kappa shape index (κ1) is 14.8. The fraction of sp³-hybridized carbons (Fsp3) is 0.300. The van der Waals surface area contributed by atoms with E-state index in [2.05, 4.69) is 5.48 Å². The van der Waals surface area contributed by atoms with Gasteiger partial charge in [-0.05, 0) is 5.56 Å². The highest BCUT2D eigenvalue weighted by Crippen LogP contribution is 2.39. The van der Waals surface area contributed by atoms with Crippen molar-refractivity contribution in [3.63, 3.8) is 0 Å². The molecule has 0 fully saturated rings. The van der Waals surface area contributed by atoms with Crippen molar-refractivity contribution in [2.24, 2.45) is 5.73 Å². The van der Waals surface area contributed by atoms with Crippen LogP contribution in [0.15, 0.2) is 30.3 Å². The summed E-state index contributed by atoms with van der Waals surface area (Å²) in [5.41, 5.74) is 8.09. The van der Waals surface area contributed by atoms with Crippen molar-refractivity contribution >= 4 is 13.5 Å². The Bertz CT molecular complexity index is 433. The van der Waals surface area contributed by atoms with Crippen LogP contribution >= 0.6 is 7.60 Å². The molecule has 0 heterocycles. The van der Waals surface area contributed by atoms with Crippen LogP contribution < -0.4 is 11.2 Å². The minimum absolute atomic E-state index is 0.164. The van der Waals surface area contributed by atoms with Crippen molar-refractivity contribution in [2.75, 3.05) is 0 Å². The van der Waals surface area contributed by atoms with Crippen molar-refractivity contribution in [1.82, 2.24) is 5.48 Å². The van der Waals surface area contributed by atoms with Gasteiger partial charge >= 0.3 is 7.60 Å². The molecule has 100 valence electrons. The minimum atomic E-state index is -4.44. The van der Waals surface area contributed by atoms with E-state index in [9.17, 15) is 9.36 Å². The van der Waals surface area contributed by atoms with Crippen LogP contribution in [0, 0.1) is 0 Å². The van der Waals surface area contributed by atoms with Crippen molar-refractivity contribution in [3.05, 3.63) is 35.9 Å². The second-order valence-electron chi connectivity index (χ2n) is 3.66. The SMILES string of the molecule is NC(CC(=O)NOCc1ccccc1)P(=O)(O)O. The van der Waals surface area contributed by atoms with E-state index in [1.165, 1.54) is 0 Å². The molecule has 0 saturated heterocycles. The van der Waals surface area contributed by atoms with Gasteiger partial charge in [0.05, 0.1) is 13.0 Å². The Labute approximate surface area is 104 Å². The van der Waals surface area contributed by atoms with E-state index in [-0.39, 0.29) is 6.61 Å². The summed E-state index contributed by atoms with van der Waals surface area (Å²) in [5, 5.41) is 0. The van der Waals surface area contributed by atoms with Gasteiger partial charge in [-0.3, -0.25) is 14.2 Å². The molecule has 0 saturated carbocycles. The molecule has 7 nitrogen and oxygen atoms in total. The fourth-order valence-electron chi connectivity index (χ4n) is 1.12. The first-order chi connectivity index (χ1) is 8.39. The summed E-state index contributed by atoms with van der Waals surface area (Å²) >= 11 is 0. The molecule has 1 aromatic carbocycles. The molecule has 1 rings (SSSR count). The third kappa shape index (κ3) is 5.39. The second kappa shape index (κ2) is 6.63. The zero-order valence-electron chi connectivity index (χ0n) is 9.52. The largest absolute Gasteiger partial charge is 0.342 e. The molecule has 18 heavy (non-hydrogen) atoms. The molecule has 0 spiro atoms. The van der Waals surface area contributed by atoms with Gasteiger partial charge in [-0.1, -0.05) is 30.3 Å². The van der Waals surface area contributed by atoms with Crippen LogP contribution in [-0.4, -0.2) is 21.5 Å². The Morgan fingerprint density at radius 2 is 2.00 bits per heavy atom.